The fraction of sp³-hybridized carbons (Fsp3) is 0.296. The minimum Gasteiger partial charge on any atom is -0.493 e. The maximum absolute atomic E-state index is 11.8. The third kappa shape index (κ3) is 4.57. The van der Waals surface area contributed by atoms with Gasteiger partial charge in [0, 0.05) is 37.3 Å². The average molecular weight is 498 g/mol. The van der Waals surface area contributed by atoms with Gasteiger partial charge >= 0.3 is 5.97 Å². The molecule has 1 aliphatic heterocycles. The largest absolute Gasteiger partial charge is 0.493 e. The predicted octanol–water partition coefficient (Wildman–Crippen LogP) is 3.76. The molecule has 1 aliphatic rings. The number of aromatic nitrogens is 6. The van der Waals surface area contributed by atoms with Crippen LogP contribution in [0.2, 0.25) is 0 Å². The van der Waals surface area contributed by atoms with Crippen LogP contribution in [0.15, 0.2) is 55.1 Å². The van der Waals surface area contributed by atoms with E-state index in [0.29, 0.717) is 18.7 Å². The highest BCUT2D eigenvalue weighted by Crippen LogP contribution is 2.29. The zero-order valence-corrected chi connectivity index (χ0v) is 20.5. The number of pyridine rings is 2. The normalized spacial score (nSPS) is 13.9. The Morgan fingerprint density at radius 3 is 2.97 bits per heavy atom. The molecular formula is C27H27N7O3. The Balaban J connectivity index is 1.21. The Morgan fingerprint density at radius 1 is 1.16 bits per heavy atom. The van der Waals surface area contributed by atoms with Gasteiger partial charge < -0.3 is 19.7 Å². The number of fused-ring (bicyclic) bond motifs is 3. The fourth-order valence-electron chi connectivity index (χ4n) is 4.87. The molecule has 1 atom stereocenters. The van der Waals surface area contributed by atoms with Gasteiger partial charge in [-0.25, -0.2) is 15.0 Å². The van der Waals surface area contributed by atoms with Crippen molar-refractivity contribution in [2.45, 2.75) is 31.7 Å². The van der Waals surface area contributed by atoms with Crippen molar-refractivity contribution in [2.75, 3.05) is 18.5 Å². The van der Waals surface area contributed by atoms with Crippen LogP contribution in [0.25, 0.3) is 22.1 Å². The van der Waals surface area contributed by atoms with E-state index in [4.69, 9.17) is 9.72 Å². The van der Waals surface area contributed by atoms with Gasteiger partial charge in [-0.2, -0.15) is 5.10 Å². The summed E-state index contributed by atoms with van der Waals surface area (Å²) in [6, 6.07) is 11.4. The lowest BCUT2D eigenvalue weighted by Crippen LogP contribution is -2.16. The third-order valence-electron chi connectivity index (χ3n) is 6.80. The summed E-state index contributed by atoms with van der Waals surface area (Å²) in [4.78, 5) is 25.2. The lowest BCUT2D eigenvalue weighted by molar-refractivity contribution is -0.137. The topological polar surface area (TPSA) is 120 Å². The number of nitrogens with zero attached hydrogens (tertiary/aromatic N) is 6. The first-order valence-corrected chi connectivity index (χ1v) is 12.4. The summed E-state index contributed by atoms with van der Waals surface area (Å²) < 4.78 is 9.63. The number of ether oxygens (including phenoxy) is 1. The molecule has 5 heterocycles. The molecule has 6 rings (SSSR count). The van der Waals surface area contributed by atoms with Gasteiger partial charge in [0.1, 0.15) is 11.6 Å². The summed E-state index contributed by atoms with van der Waals surface area (Å²) in [5.41, 5.74) is 5.31. The summed E-state index contributed by atoms with van der Waals surface area (Å²) in [5, 5.41) is 18.4. The second-order valence-corrected chi connectivity index (χ2v) is 9.33. The van der Waals surface area contributed by atoms with Gasteiger partial charge in [0.25, 0.3) is 0 Å². The fourth-order valence-corrected chi connectivity index (χ4v) is 4.87. The molecular weight excluding hydrogens is 470 g/mol. The van der Waals surface area contributed by atoms with Gasteiger partial charge in [-0.3, -0.25) is 9.48 Å². The van der Waals surface area contributed by atoms with Crippen molar-refractivity contribution in [3.8, 4) is 5.75 Å². The zero-order valence-electron chi connectivity index (χ0n) is 20.5. The number of imidazole rings is 1. The van der Waals surface area contributed by atoms with E-state index in [-0.39, 0.29) is 6.42 Å². The van der Waals surface area contributed by atoms with Crippen molar-refractivity contribution in [3.63, 3.8) is 0 Å². The number of carbonyl (C=O) groups is 1. The number of hydrogen-bond acceptors (Lipinski definition) is 7. The number of anilines is 1. The molecule has 0 radical (unpaired) electrons. The summed E-state index contributed by atoms with van der Waals surface area (Å²) in [7, 11) is 1.89. The number of nitrogens with one attached hydrogen (secondary N) is 1. The second kappa shape index (κ2) is 9.53. The van der Waals surface area contributed by atoms with Crippen molar-refractivity contribution in [2.24, 2.45) is 7.05 Å². The highest BCUT2D eigenvalue weighted by molar-refractivity contribution is 5.81. The van der Waals surface area contributed by atoms with Crippen LogP contribution in [0.3, 0.4) is 0 Å². The van der Waals surface area contributed by atoms with Gasteiger partial charge in [0.15, 0.2) is 5.65 Å². The smallest absolute Gasteiger partial charge is 0.305 e. The van der Waals surface area contributed by atoms with Crippen LogP contribution in [0.4, 0.5) is 5.82 Å². The van der Waals surface area contributed by atoms with Crippen molar-refractivity contribution in [1.29, 1.82) is 0 Å². The van der Waals surface area contributed by atoms with E-state index in [0.717, 1.165) is 58.6 Å². The average Bonchev–Trinajstić information content (AvgIpc) is 3.50. The molecule has 37 heavy (non-hydrogen) atoms. The van der Waals surface area contributed by atoms with Crippen LogP contribution in [0.5, 0.6) is 5.75 Å². The van der Waals surface area contributed by atoms with Crippen molar-refractivity contribution in [1.82, 2.24) is 29.3 Å². The second-order valence-electron chi connectivity index (χ2n) is 9.33. The minimum atomic E-state index is -0.912. The Morgan fingerprint density at radius 2 is 2.08 bits per heavy atom. The first-order valence-electron chi connectivity index (χ1n) is 12.4. The number of aliphatic carboxylic acids is 1. The van der Waals surface area contributed by atoms with E-state index in [9.17, 15) is 9.90 Å². The van der Waals surface area contributed by atoms with Crippen molar-refractivity contribution < 1.29 is 14.6 Å². The van der Waals surface area contributed by atoms with Gasteiger partial charge in [-0.1, -0.05) is 6.07 Å². The van der Waals surface area contributed by atoms with E-state index in [1.807, 2.05) is 35.9 Å². The summed E-state index contributed by atoms with van der Waals surface area (Å²) in [6.07, 6.45) is 7.91. The van der Waals surface area contributed by atoms with Crippen molar-refractivity contribution in [3.05, 3.63) is 71.9 Å². The van der Waals surface area contributed by atoms with Crippen LogP contribution >= 0.6 is 0 Å². The van der Waals surface area contributed by atoms with Gasteiger partial charge in [-0.05, 0) is 54.3 Å². The molecule has 0 fully saturated rings. The Labute approximate surface area is 212 Å². The van der Waals surface area contributed by atoms with Crippen LogP contribution in [0, 0.1) is 0 Å². The molecule has 0 amide bonds. The quantitative estimate of drug-likeness (QED) is 0.333. The minimum absolute atomic E-state index is 0.122. The van der Waals surface area contributed by atoms with E-state index < -0.39 is 12.0 Å². The maximum atomic E-state index is 11.8. The lowest BCUT2D eigenvalue weighted by Gasteiger charge is -2.18. The predicted molar refractivity (Wildman–Crippen MR) is 139 cm³/mol. The van der Waals surface area contributed by atoms with E-state index >= 15 is 0 Å². The van der Waals surface area contributed by atoms with Crippen LogP contribution in [-0.4, -0.2) is 53.5 Å². The first kappa shape index (κ1) is 23.0. The molecule has 1 aromatic carbocycles. The number of benzene rings is 1. The Hall–Kier alpha value is -4.47. The highest BCUT2D eigenvalue weighted by atomic mass is 16.5. The van der Waals surface area contributed by atoms with E-state index in [1.54, 1.807) is 23.4 Å². The van der Waals surface area contributed by atoms with Crippen LogP contribution < -0.4 is 10.1 Å². The molecule has 0 aliphatic carbocycles. The van der Waals surface area contributed by atoms with Crippen molar-refractivity contribution >= 4 is 33.9 Å². The molecule has 0 bridgehead atoms. The molecule has 10 nitrogen and oxygen atoms in total. The molecule has 2 N–H and O–H groups in total. The summed E-state index contributed by atoms with van der Waals surface area (Å²) >= 11 is 0. The zero-order chi connectivity index (χ0) is 25.4. The van der Waals surface area contributed by atoms with Gasteiger partial charge in [0.2, 0.25) is 0 Å². The summed E-state index contributed by atoms with van der Waals surface area (Å²) in [6.45, 7) is 1.47. The molecule has 1 unspecified atom stereocenters. The molecule has 5 aromatic rings. The number of carboxylic acids is 1. The van der Waals surface area contributed by atoms with Gasteiger partial charge in [0.05, 0.1) is 42.6 Å². The number of hydrogen-bond donors (Lipinski definition) is 2. The summed E-state index contributed by atoms with van der Waals surface area (Å²) in [5.74, 6) is 0.812. The standard InChI is InChI=1S/C27H27N7O3/c1-33-16-30-27-24(33)12-19(14-29-27)23(13-25(35)36)34-22-7-6-21(11-18(22)15-31-34)37-10-8-20-5-4-17-3-2-9-28-26(17)32-20/h4-7,11-12,14-16,23H,2-3,8-10,13H2,1H3,(H,28,32)(H,35,36). The van der Waals surface area contributed by atoms with Crippen LogP contribution in [0.1, 0.15) is 35.7 Å². The number of rotatable bonds is 8. The molecule has 188 valence electrons. The molecule has 0 saturated carbocycles. The molecule has 10 heteroatoms. The molecule has 0 saturated heterocycles. The van der Waals surface area contributed by atoms with E-state index in [2.05, 4.69) is 32.5 Å². The maximum Gasteiger partial charge on any atom is 0.305 e. The Kier molecular flexibility index (Phi) is 5.91. The molecule has 4 aromatic heterocycles. The first-order chi connectivity index (χ1) is 18.0. The number of carboxylic acid groups (broad SMARTS) is 1. The highest BCUT2D eigenvalue weighted by Gasteiger charge is 2.22. The third-order valence-corrected chi connectivity index (χ3v) is 6.80. The molecule has 0 spiro atoms. The van der Waals surface area contributed by atoms with Gasteiger partial charge in [-0.15, -0.1) is 0 Å². The Bertz CT molecular complexity index is 1610. The SMILES string of the molecule is Cn1cnc2ncc(C(CC(=O)O)n3ncc4cc(OCCc5ccc6c(n5)NCCC6)ccc43)cc21. The number of aryl methyl sites for hydroxylation is 2. The lowest BCUT2D eigenvalue weighted by atomic mass is 10.1. The monoisotopic (exact) mass is 497 g/mol. The van der Waals surface area contributed by atoms with E-state index in [1.165, 1.54) is 5.56 Å². The van der Waals surface area contributed by atoms with Crippen LogP contribution in [-0.2, 0) is 24.7 Å².